The Morgan fingerprint density at radius 1 is 0.893 bits per heavy atom. The zero-order valence-corrected chi connectivity index (χ0v) is 17.4. The zero-order valence-electron chi connectivity index (χ0n) is 17.4. The van der Waals surface area contributed by atoms with E-state index >= 15 is 0 Å². The number of methoxy groups -OCH3 is 4. The summed E-state index contributed by atoms with van der Waals surface area (Å²) in [5.41, 5.74) is 5.34. The lowest BCUT2D eigenvalue weighted by molar-refractivity contribution is 0.128. The van der Waals surface area contributed by atoms with E-state index in [1.165, 1.54) is 22.3 Å². The molecule has 0 bridgehead atoms. The second kappa shape index (κ2) is 7.55. The molecule has 0 amide bonds. The number of ether oxygens (including phenoxy) is 4. The lowest BCUT2D eigenvalue weighted by atomic mass is 9.75. The van der Waals surface area contributed by atoms with Crippen molar-refractivity contribution >= 4 is 0 Å². The Morgan fingerprint density at radius 2 is 1.61 bits per heavy atom. The molecule has 4 rings (SSSR count). The standard InChI is InChI=1S/C23H29NO4/c1-6-15-16-7-8-19(25-2)23(28-5)18(16)13-24-10-9-14-11-20(26-3)21(27-4)12-17(14)22(15)24/h7-8,11-12,15,22H,6,9-10,13H2,1-5H3. The van der Waals surface area contributed by atoms with Gasteiger partial charge in [0.2, 0.25) is 0 Å². The molecule has 28 heavy (non-hydrogen) atoms. The fraction of sp³-hybridized carbons (Fsp3) is 0.478. The van der Waals surface area contributed by atoms with Gasteiger partial charge in [-0.25, -0.2) is 0 Å². The van der Waals surface area contributed by atoms with Gasteiger partial charge in [-0.2, -0.15) is 0 Å². The number of hydrogen-bond acceptors (Lipinski definition) is 5. The van der Waals surface area contributed by atoms with Crippen molar-refractivity contribution in [3.05, 3.63) is 46.5 Å². The van der Waals surface area contributed by atoms with Crippen LogP contribution in [0.1, 0.15) is 47.6 Å². The van der Waals surface area contributed by atoms with Crippen LogP contribution >= 0.6 is 0 Å². The van der Waals surface area contributed by atoms with Gasteiger partial charge in [0.25, 0.3) is 0 Å². The van der Waals surface area contributed by atoms with Crippen molar-refractivity contribution in [1.82, 2.24) is 4.90 Å². The van der Waals surface area contributed by atoms with E-state index in [1.54, 1.807) is 28.4 Å². The van der Waals surface area contributed by atoms with Crippen LogP contribution in [0.2, 0.25) is 0 Å². The Morgan fingerprint density at radius 3 is 2.25 bits per heavy atom. The van der Waals surface area contributed by atoms with E-state index in [1.807, 2.05) is 6.07 Å². The molecular formula is C23H29NO4. The summed E-state index contributed by atoms with van der Waals surface area (Å²) >= 11 is 0. The van der Waals surface area contributed by atoms with Crippen molar-refractivity contribution < 1.29 is 18.9 Å². The molecule has 2 aliphatic heterocycles. The van der Waals surface area contributed by atoms with Crippen molar-refractivity contribution in [3.8, 4) is 23.0 Å². The summed E-state index contributed by atoms with van der Waals surface area (Å²) in [5.74, 6) is 3.68. The van der Waals surface area contributed by atoms with Crippen LogP contribution in [-0.4, -0.2) is 39.9 Å². The Bertz CT molecular complexity index is 879. The summed E-state index contributed by atoms with van der Waals surface area (Å²) in [4.78, 5) is 2.58. The molecule has 0 spiro atoms. The Balaban J connectivity index is 1.86. The van der Waals surface area contributed by atoms with Crippen molar-refractivity contribution in [3.63, 3.8) is 0 Å². The van der Waals surface area contributed by atoms with Gasteiger partial charge in [0, 0.05) is 30.6 Å². The normalized spacial score (nSPS) is 20.6. The van der Waals surface area contributed by atoms with Gasteiger partial charge >= 0.3 is 0 Å². The first-order valence-electron chi connectivity index (χ1n) is 9.89. The number of hydrogen-bond donors (Lipinski definition) is 0. The van der Waals surface area contributed by atoms with E-state index in [-0.39, 0.29) is 0 Å². The fourth-order valence-electron chi connectivity index (χ4n) is 5.01. The zero-order chi connectivity index (χ0) is 19.8. The van der Waals surface area contributed by atoms with Gasteiger partial charge in [-0.3, -0.25) is 4.90 Å². The molecule has 2 aromatic rings. The molecule has 150 valence electrons. The molecule has 0 radical (unpaired) electrons. The van der Waals surface area contributed by atoms with Crippen LogP contribution in [-0.2, 0) is 13.0 Å². The first-order valence-corrected chi connectivity index (χ1v) is 9.89. The number of benzene rings is 2. The third-order valence-electron chi connectivity index (χ3n) is 6.29. The maximum absolute atomic E-state index is 5.76. The van der Waals surface area contributed by atoms with Crippen molar-refractivity contribution in [2.24, 2.45) is 0 Å². The third kappa shape index (κ3) is 2.80. The monoisotopic (exact) mass is 383 g/mol. The largest absolute Gasteiger partial charge is 0.493 e. The quantitative estimate of drug-likeness (QED) is 0.769. The van der Waals surface area contributed by atoms with Gasteiger partial charge in [0.15, 0.2) is 23.0 Å². The van der Waals surface area contributed by atoms with Gasteiger partial charge in [-0.1, -0.05) is 13.0 Å². The van der Waals surface area contributed by atoms with E-state index in [4.69, 9.17) is 18.9 Å². The molecule has 2 heterocycles. The summed E-state index contributed by atoms with van der Waals surface area (Å²) < 4.78 is 22.4. The first kappa shape index (κ1) is 18.9. The minimum Gasteiger partial charge on any atom is -0.493 e. The van der Waals surface area contributed by atoms with Crippen LogP contribution in [0.15, 0.2) is 24.3 Å². The second-order valence-electron chi connectivity index (χ2n) is 7.45. The predicted octanol–water partition coefficient (Wildman–Crippen LogP) is 4.33. The van der Waals surface area contributed by atoms with Gasteiger partial charge in [-0.15, -0.1) is 0 Å². The smallest absolute Gasteiger partial charge is 0.165 e. The molecule has 0 N–H and O–H groups in total. The molecule has 5 heteroatoms. The number of nitrogens with zero attached hydrogens (tertiary/aromatic N) is 1. The van der Waals surface area contributed by atoms with Crippen molar-refractivity contribution in [2.45, 2.75) is 38.3 Å². The molecule has 0 aliphatic carbocycles. The maximum Gasteiger partial charge on any atom is 0.165 e. The van der Waals surface area contributed by atoms with Crippen LogP contribution in [0, 0.1) is 0 Å². The van der Waals surface area contributed by atoms with Gasteiger partial charge in [0.1, 0.15) is 0 Å². The van der Waals surface area contributed by atoms with E-state index in [2.05, 4.69) is 30.0 Å². The van der Waals surface area contributed by atoms with Crippen LogP contribution < -0.4 is 18.9 Å². The highest BCUT2D eigenvalue weighted by atomic mass is 16.5. The van der Waals surface area contributed by atoms with Crippen LogP contribution in [0.3, 0.4) is 0 Å². The van der Waals surface area contributed by atoms with Crippen LogP contribution in [0.5, 0.6) is 23.0 Å². The number of fused-ring (bicyclic) bond motifs is 4. The molecule has 2 unspecified atom stereocenters. The highest BCUT2D eigenvalue weighted by Gasteiger charge is 2.40. The minimum atomic E-state index is 0.333. The predicted molar refractivity (Wildman–Crippen MR) is 109 cm³/mol. The molecule has 0 saturated carbocycles. The van der Waals surface area contributed by atoms with Gasteiger partial charge in [-0.05, 0) is 47.7 Å². The fourth-order valence-corrected chi connectivity index (χ4v) is 5.01. The molecule has 2 aliphatic rings. The third-order valence-corrected chi connectivity index (χ3v) is 6.29. The van der Waals surface area contributed by atoms with Gasteiger partial charge < -0.3 is 18.9 Å². The lowest BCUT2D eigenvalue weighted by Crippen LogP contribution is -2.41. The maximum atomic E-state index is 5.76. The minimum absolute atomic E-state index is 0.333. The summed E-state index contributed by atoms with van der Waals surface area (Å²) in [7, 11) is 6.83. The Kier molecular flexibility index (Phi) is 5.11. The molecule has 2 aromatic carbocycles. The van der Waals surface area contributed by atoms with Crippen LogP contribution in [0.4, 0.5) is 0 Å². The Labute approximate surface area is 167 Å². The lowest BCUT2D eigenvalue weighted by Gasteiger charge is -2.46. The molecule has 5 nitrogen and oxygen atoms in total. The second-order valence-corrected chi connectivity index (χ2v) is 7.45. The van der Waals surface area contributed by atoms with Crippen LogP contribution in [0.25, 0.3) is 0 Å². The van der Waals surface area contributed by atoms with E-state index in [0.717, 1.165) is 48.9 Å². The van der Waals surface area contributed by atoms with E-state index in [0.29, 0.717) is 12.0 Å². The average Bonchev–Trinajstić information content (AvgIpc) is 2.75. The molecular weight excluding hydrogens is 354 g/mol. The SMILES string of the molecule is CCC1c2ccc(OC)c(OC)c2CN2CCc3cc(OC)c(OC)cc3C12. The Hall–Kier alpha value is -2.40. The van der Waals surface area contributed by atoms with Gasteiger partial charge in [0.05, 0.1) is 28.4 Å². The highest BCUT2D eigenvalue weighted by Crippen LogP contribution is 2.52. The first-order chi connectivity index (χ1) is 13.7. The van der Waals surface area contributed by atoms with Crippen molar-refractivity contribution in [1.29, 1.82) is 0 Å². The highest BCUT2D eigenvalue weighted by molar-refractivity contribution is 5.56. The molecule has 2 atom stereocenters. The molecule has 0 aromatic heterocycles. The van der Waals surface area contributed by atoms with E-state index < -0.39 is 0 Å². The summed E-state index contributed by atoms with van der Waals surface area (Å²) in [6, 6.07) is 8.92. The molecule has 0 saturated heterocycles. The summed E-state index contributed by atoms with van der Waals surface area (Å²) in [6.45, 7) is 4.15. The summed E-state index contributed by atoms with van der Waals surface area (Å²) in [5, 5.41) is 0. The number of rotatable bonds is 5. The summed E-state index contributed by atoms with van der Waals surface area (Å²) in [6.07, 6.45) is 2.06. The average molecular weight is 383 g/mol. The van der Waals surface area contributed by atoms with E-state index in [9.17, 15) is 0 Å². The van der Waals surface area contributed by atoms with Crippen molar-refractivity contribution in [2.75, 3.05) is 35.0 Å². The topological polar surface area (TPSA) is 40.2 Å². The molecule has 0 fully saturated rings.